The number of carbonyl (C=O) groups excluding carboxylic acids is 1. The van der Waals surface area contributed by atoms with Crippen molar-refractivity contribution in [1.29, 1.82) is 0 Å². The van der Waals surface area contributed by atoms with Crippen LogP contribution in [-0.4, -0.2) is 26.5 Å². The van der Waals surface area contributed by atoms with Crippen LogP contribution in [0.3, 0.4) is 0 Å². The van der Waals surface area contributed by atoms with Gasteiger partial charge in [-0.2, -0.15) is 0 Å². The summed E-state index contributed by atoms with van der Waals surface area (Å²) in [6.45, 7) is 2.12. The van der Waals surface area contributed by atoms with Gasteiger partial charge in [-0.25, -0.2) is 0 Å². The number of nitrogens with zero attached hydrogens (tertiary/aromatic N) is 3. The van der Waals surface area contributed by atoms with Gasteiger partial charge in [0, 0.05) is 18.7 Å². The van der Waals surface area contributed by atoms with Crippen LogP contribution in [0.4, 0.5) is 0 Å². The molecule has 2 heterocycles. The maximum Gasteiger partial charge on any atom is 0.255 e. The predicted molar refractivity (Wildman–Crippen MR) is 83.7 cm³/mol. The Balaban J connectivity index is 1.59. The highest BCUT2D eigenvalue weighted by Gasteiger charge is 2.40. The first-order chi connectivity index (χ1) is 10.8. The van der Waals surface area contributed by atoms with Gasteiger partial charge in [0.2, 0.25) is 0 Å². The summed E-state index contributed by atoms with van der Waals surface area (Å²) in [5, 5.41) is 11.7. The summed E-state index contributed by atoms with van der Waals surface area (Å²) in [6.07, 6.45) is 8.88. The maximum absolute atomic E-state index is 12.7. The molecule has 2 aromatic heterocycles. The standard InChI is InChI=1S/C17H22N4O/c1-2-4-15-19-20-16-13(5-3-8-21(15)16)17(22)18-14-10-11-6-7-12(14)9-11/h3,5,8,11-12,14H,2,4,6-7,9-10H2,1H3,(H,18,22)/t11-,12+,14+/m0/s1. The van der Waals surface area contributed by atoms with Crippen molar-refractivity contribution < 1.29 is 4.79 Å². The summed E-state index contributed by atoms with van der Waals surface area (Å²) in [7, 11) is 0. The highest BCUT2D eigenvalue weighted by molar-refractivity contribution is 5.99. The SMILES string of the molecule is CCCc1nnc2c(C(=O)N[C@@H]3C[C@H]4CC[C@@H]3C4)cccn12. The minimum atomic E-state index is -0.00130. The molecule has 3 atom stereocenters. The van der Waals surface area contributed by atoms with Gasteiger partial charge in [0.15, 0.2) is 5.65 Å². The lowest BCUT2D eigenvalue weighted by Gasteiger charge is -2.22. The largest absolute Gasteiger partial charge is 0.349 e. The monoisotopic (exact) mass is 298 g/mol. The molecule has 1 N–H and O–H groups in total. The summed E-state index contributed by atoms with van der Waals surface area (Å²) in [6, 6.07) is 4.11. The van der Waals surface area contributed by atoms with Crippen LogP contribution in [0, 0.1) is 11.8 Å². The van der Waals surface area contributed by atoms with Gasteiger partial charge in [-0.1, -0.05) is 13.3 Å². The highest BCUT2D eigenvalue weighted by Crippen LogP contribution is 2.44. The van der Waals surface area contributed by atoms with Crippen molar-refractivity contribution >= 4 is 11.6 Å². The zero-order valence-corrected chi connectivity index (χ0v) is 13.0. The molecular weight excluding hydrogens is 276 g/mol. The Morgan fingerprint density at radius 2 is 2.27 bits per heavy atom. The molecule has 2 aliphatic carbocycles. The molecule has 2 aromatic rings. The van der Waals surface area contributed by atoms with E-state index in [4.69, 9.17) is 0 Å². The van der Waals surface area contributed by atoms with Crippen molar-refractivity contribution in [3.63, 3.8) is 0 Å². The number of nitrogens with one attached hydrogen (secondary N) is 1. The average molecular weight is 298 g/mol. The number of rotatable bonds is 4. The fraction of sp³-hybridized carbons (Fsp3) is 0.588. The second-order valence-electron chi connectivity index (χ2n) is 6.74. The topological polar surface area (TPSA) is 59.3 Å². The number of amides is 1. The molecule has 5 nitrogen and oxygen atoms in total. The summed E-state index contributed by atoms with van der Waals surface area (Å²) in [5.74, 6) is 2.43. The van der Waals surface area contributed by atoms with Gasteiger partial charge in [-0.15, -0.1) is 10.2 Å². The van der Waals surface area contributed by atoms with E-state index in [-0.39, 0.29) is 5.91 Å². The third-order valence-corrected chi connectivity index (χ3v) is 5.28. The molecule has 2 bridgehead atoms. The Morgan fingerprint density at radius 1 is 1.36 bits per heavy atom. The Labute approximate surface area is 130 Å². The molecule has 2 saturated carbocycles. The fourth-order valence-corrected chi connectivity index (χ4v) is 4.20. The molecule has 0 aliphatic heterocycles. The van der Waals surface area contributed by atoms with Gasteiger partial charge < -0.3 is 5.32 Å². The van der Waals surface area contributed by atoms with E-state index < -0.39 is 0 Å². The van der Waals surface area contributed by atoms with Crippen LogP contribution >= 0.6 is 0 Å². The second-order valence-corrected chi connectivity index (χ2v) is 6.74. The number of pyridine rings is 1. The summed E-state index contributed by atoms with van der Waals surface area (Å²) in [5.41, 5.74) is 1.31. The number of fused-ring (bicyclic) bond motifs is 3. The van der Waals surface area contributed by atoms with E-state index in [1.807, 2.05) is 22.7 Å². The number of aryl methyl sites for hydroxylation is 1. The molecule has 0 radical (unpaired) electrons. The van der Waals surface area contributed by atoms with Crippen molar-refractivity contribution in [3.05, 3.63) is 29.7 Å². The first-order valence-electron chi connectivity index (χ1n) is 8.39. The van der Waals surface area contributed by atoms with E-state index >= 15 is 0 Å². The summed E-state index contributed by atoms with van der Waals surface area (Å²) >= 11 is 0. The zero-order valence-electron chi connectivity index (χ0n) is 13.0. The number of hydrogen-bond donors (Lipinski definition) is 1. The predicted octanol–water partition coefficient (Wildman–Crippen LogP) is 2.60. The van der Waals surface area contributed by atoms with E-state index in [1.165, 1.54) is 19.3 Å². The first-order valence-corrected chi connectivity index (χ1v) is 8.39. The van der Waals surface area contributed by atoms with E-state index in [1.54, 1.807) is 0 Å². The Morgan fingerprint density at radius 3 is 3.00 bits per heavy atom. The van der Waals surface area contributed by atoms with Crippen LogP contribution in [-0.2, 0) is 6.42 Å². The van der Waals surface area contributed by atoms with E-state index in [9.17, 15) is 4.79 Å². The van der Waals surface area contributed by atoms with Crippen LogP contribution in [0.2, 0.25) is 0 Å². The summed E-state index contributed by atoms with van der Waals surface area (Å²) in [4.78, 5) is 12.7. The molecule has 116 valence electrons. The van der Waals surface area contributed by atoms with Crippen molar-refractivity contribution in [1.82, 2.24) is 19.9 Å². The third-order valence-electron chi connectivity index (χ3n) is 5.28. The van der Waals surface area contributed by atoms with Gasteiger partial charge in [0.05, 0.1) is 5.56 Å². The molecule has 0 unspecified atom stereocenters. The van der Waals surface area contributed by atoms with Gasteiger partial charge >= 0.3 is 0 Å². The molecule has 0 saturated heterocycles. The van der Waals surface area contributed by atoms with Crippen LogP contribution < -0.4 is 5.32 Å². The molecule has 5 heteroatoms. The van der Waals surface area contributed by atoms with Gasteiger partial charge in [0.25, 0.3) is 5.91 Å². The van der Waals surface area contributed by atoms with Crippen LogP contribution in [0.15, 0.2) is 18.3 Å². The third kappa shape index (κ3) is 2.19. The molecular formula is C17H22N4O. The average Bonchev–Trinajstić information content (AvgIpc) is 3.23. The number of carbonyl (C=O) groups is 1. The Kier molecular flexibility index (Phi) is 3.36. The van der Waals surface area contributed by atoms with Crippen LogP contribution in [0.5, 0.6) is 0 Å². The van der Waals surface area contributed by atoms with Gasteiger partial charge in [-0.05, 0) is 49.7 Å². The van der Waals surface area contributed by atoms with Crippen LogP contribution in [0.1, 0.15) is 55.2 Å². The molecule has 0 aromatic carbocycles. The lowest BCUT2D eigenvalue weighted by molar-refractivity contribution is 0.0924. The van der Waals surface area contributed by atoms with Crippen molar-refractivity contribution in [2.45, 2.75) is 51.5 Å². The molecule has 22 heavy (non-hydrogen) atoms. The minimum Gasteiger partial charge on any atom is -0.349 e. The number of hydrogen-bond acceptors (Lipinski definition) is 3. The molecule has 4 rings (SSSR count). The summed E-state index contributed by atoms with van der Waals surface area (Å²) < 4.78 is 1.94. The Bertz CT molecular complexity index is 708. The van der Waals surface area contributed by atoms with Gasteiger partial charge in [0.1, 0.15) is 5.82 Å². The first kappa shape index (κ1) is 13.7. The van der Waals surface area contributed by atoms with E-state index in [2.05, 4.69) is 22.4 Å². The van der Waals surface area contributed by atoms with E-state index in [0.717, 1.165) is 31.0 Å². The Hall–Kier alpha value is -1.91. The molecule has 2 fully saturated rings. The molecule has 0 spiro atoms. The van der Waals surface area contributed by atoms with Crippen molar-refractivity contribution in [2.24, 2.45) is 11.8 Å². The van der Waals surface area contributed by atoms with Gasteiger partial charge in [-0.3, -0.25) is 9.20 Å². The normalized spacial score (nSPS) is 26.7. The smallest absolute Gasteiger partial charge is 0.255 e. The minimum absolute atomic E-state index is 0.00130. The molecule has 1 amide bonds. The fourth-order valence-electron chi connectivity index (χ4n) is 4.20. The second kappa shape index (κ2) is 5.38. The maximum atomic E-state index is 12.7. The van der Waals surface area contributed by atoms with E-state index in [0.29, 0.717) is 23.2 Å². The van der Waals surface area contributed by atoms with Crippen molar-refractivity contribution in [3.8, 4) is 0 Å². The lowest BCUT2D eigenvalue weighted by Crippen LogP contribution is -2.38. The number of aromatic nitrogens is 3. The highest BCUT2D eigenvalue weighted by atomic mass is 16.1. The van der Waals surface area contributed by atoms with Crippen LogP contribution in [0.25, 0.3) is 5.65 Å². The van der Waals surface area contributed by atoms with Crippen molar-refractivity contribution in [2.75, 3.05) is 0 Å². The molecule has 2 aliphatic rings. The lowest BCUT2D eigenvalue weighted by atomic mass is 9.95. The quantitative estimate of drug-likeness (QED) is 0.944. The zero-order chi connectivity index (χ0) is 15.1.